The molecule has 2 rings (SSSR count). The van der Waals surface area contributed by atoms with Crippen molar-refractivity contribution in [2.45, 2.75) is 4.90 Å². The van der Waals surface area contributed by atoms with Crippen LogP contribution in [0.1, 0.15) is 0 Å². The number of benzene rings is 1. The molecule has 0 saturated heterocycles. The second-order valence-electron chi connectivity index (χ2n) is 1.95. The summed E-state index contributed by atoms with van der Waals surface area (Å²) in [5.41, 5.74) is 0. The Bertz CT molecular complexity index is 241. The smallest absolute Gasteiger partial charge is 0.140 e. The van der Waals surface area contributed by atoms with E-state index in [4.69, 9.17) is 4.74 Å². The van der Waals surface area contributed by atoms with Crippen molar-refractivity contribution in [2.24, 2.45) is 0 Å². The summed E-state index contributed by atoms with van der Waals surface area (Å²) >= 11 is 1.68. The largest absolute Gasteiger partial charge is 0.463 e. The van der Waals surface area contributed by atoms with Crippen LogP contribution >= 0.6 is 11.8 Å². The van der Waals surface area contributed by atoms with Gasteiger partial charge < -0.3 is 4.74 Å². The van der Waals surface area contributed by atoms with Gasteiger partial charge in [-0.05, 0) is 12.1 Å². The topological polar surface area (TPSA) is 9.23 Å². The third kappa shape index (κ3) is 0.907. The summed E-state index contributed by atoms with van der Waals surface area (Å²) in [5, 5.41) is 1.93. The molecule has 50 valence electrons. The molecule has 0 N–H and O–H groups in total. The SMILES string of the molecule is C1=CSc2ccccc2O1. The highest BCUT2D eigenvalue weighted by Gasteiger charge is 2.03. The van der Waals surface area contributed by atoms with E-state index in [-0.39, 0.29) is 0 Å². The van der Waals surface area contributed by atoms with Crippen LogP contribution in [0.4, 0.5) is 0 Å². The molecule has 1 aliphatic rings. The minimum absolute atomic E-state index is 0.954. The fourth-order valence-corrected chi connectivity index (χ4v) is 1.49. The van der Waals surface area contributed by atoms with E-state index >= 15 is 0 Å². The van der Waals surface area contributed by atoms with Gasteiger partial charge in [0.2, 0.25) is 0 Å². The van der Waals surface area contributed by atoms with Crippen molar-refractivity contribution >= 4 is 11.8 Å². The van der Waals surface area contributed by atoms with Gasteiger partial charge in [0.05, 0.1) is 11.2 Å². The van der Waals surface area contributed by atoms with Gasteiger partial charge >= 0.3 is 0 Å². The average molecular weight is 150 g/mol. The molecule has 0 bridgehead atoms. The Labute approximate surface area is 63.7 Å². The molecule has 1 aromatic carbocycles. The predicted octanol–water partition coefficient (Wildman–Crippen LogP) is 2.64. The zero-order valence-corrected chi connectivity index (χ0v) is 6.10. The van der Waals surface area contributed by atoms with Gasteiger partial charge in [-0.3, -0.25) is 0 Å². The molecule has 1 nitrogen and oxygen atoms in total. The predicted molar refractivity (Wildman–Crippen MR) is 42.1 cm³/mol. The second kappa shape index (κ2) is 2.39. The molecule has 1 aliphatic heterocycles. The minimum Gasteiger partial charge on any atom is -0.463 e. The summed E-state index contributed by atoms with van der Waals surface area (Å²) in [6.07, 6.45) is 1.70. The van der Waals surface area contributed by atoms with E-state index in [0.29, 0.717) is 0 Å². The Hall–Kier alpha value is -0.890. The fourth-order valence-electron chi connectivity index (χ4n) is 0.847. The number of para-hydroxylation sites is 1. The third-order valence-electron chi connectivity index (χ3n) is 1.29. The average Bonchev–Trinajstić information content (AvgIpc) is 2.05. The van der Waals surface area contributed by atoms with E-state index < -0.39 is 0 Å². The van der Waals surface area contributed by atoms with E-state index in [2.05, 4.69) is 0 Å². The quantitative estimate of drug-likeness (QED) is 0.562. The highest BCUT2D eigenvalue weighted by Crippen LogP contribution is 2.32. The first kappa shape index (κ1) is 5.86. The van der Waals surface area contributed by atoms with E-state index in [1.165, 1.54) is 4.90 Å². The molecule has 0 atom stereocenters. The Morgan fingerprint density at radius 2 is 2.10 bits per heavy atom. The summed E-state index contributed by atoms with van der Waals surface area (Å²) in [5.74, 6) is 0.954. The van der Waals surface area contributed by atoms with Gasteiger partial charge in [-0.2, -0.15) is 0 Å². The maximum absolute atomic E-state index is 5.22. The maximum atomic E-state index is 5.22. The Morgan fingerprint density at radius 3 is 3.00 bits per heavy atom. The van der Waals surface area contributed by atoms with E-state index in [1.807, 2.05) is 29.7 Å². The maximum Gasteiger partial charge on any atom is 0.140 e. The molecule has 0 saturated carbocycles. The van der Waals surface area contributed by atoms with Crippen LogP contribution in [0.25, 0.3) is 0 Å². The molecule has 1 heterocycles. The highest BCUT2D eigenvalue weighted by atomic mass is 32.2. The Kier molecular flexibility index (Phi) is 1.40. The molecular formula is C8H6OS. The number of hydrogen-bond acceptors (Lipinski definition) is 2. The van der Waals surface area contributed by atoms with Crippen LogP contribution in [0, 0.1) is 0 Å². The molecule has 2 heteroatoms. The van der Waals surface area contributed by atoms with Crippen molar-refractivity contribution in [3.63, 3.8) is 0 Å². The van der Waals surface area contributed by atoms with Crippen LogP contribution in [0.5, 0.6) is 5.75 Å². The van der Waals surface area contributed by atoms with Gasteiger partial charge in [-0.25, -0.2) is 0 Å². The molecule has 0 amide bonds. The molecule has 0 radical (unpaired) electrons. The fraction of sp³-hybridized carbons (Fsp3) is 0. The van der Waals surface area contributed by atoms with E-state index in [1.54, 1.807) is 18.0 Å². The number of rotatable bonds is 0. The first-order valence-corrected chi connectivity index (χ1v) is 3.92. The summed E-state index contributed by atoms with van der Waals surface area (Å²) in [6.45, 7) is 0. The Morgan fingerprint density at radius 1 is 1.20 bits per heavy atom. The number of thioether (sulfide) groups is 1. The van der Waals surface area contributed by atoms with Gasteiger partial charge in [0.15, 0.2) is 0 Å². The lowest BCUT2D eigenvalue weighted by molar-refractivity contribution is 0.468. The van der Waals surface area contributed by atoms with Crippen LogP contribution in [-0.2, 0) is 0 Å². The van der Waals surface area contributed by atoms with E-state index in [9.17, 15) is 0 Å². The molecule has 10 heavy (non-hydrogen) atoms. The van der Waals surface area contributed by atoms with Gasteiger partial charge in [-0.1, -0.05) is 23.9 Å². The number of ether oxygens (including phenoxy) is 1. The summed E-state index contributed by atoms with van der Waals surface area (Å²) < 4.78 is 5.22. The van der Waals surface area contributed by atoms with Crippen LogP contribution in [0.2, 0.25) is 0 Å². The first-order chi connectivity index (χ1) is 4.97. The summed E-state index contributed by atoms with van der Waals surface area (Å²) in [7, 11) is 0. The number of hydrogen-bond donors (Lipinski definition) is 0. The van der Waals surface area contributed by atoms with Crippen molar-refractivity contribution < 1.29 is 4.74 Å². The van der Waals surface area contributed by atoms with E-state index in [0.717, 1.165) is 5.75 Å². The monoisotopic (exact) mass is 150 g/mol. The van der Waals surface area contributed by atoms with Crippen LogP contribution in [-0.4, -0.2) is 0 Å². The van der Waals surface area contributed by atoms with Crippen LogP contribution in [0.3, 0.4) is 0 Å². The van der Waals surface area contributed by atoms with Crippen LogP contribution < -0.4 is 4.74 Å². The zero-order valence-electron chi connectivity index (χ0n) is 5.28. The standard InChI is InChI=1S/C8H6OS/c1-2-4-8-7(3-1)9-5-6-10-8/h1-6H. The lowest BCUT2D eigenvalue weighted by Crippen LogP contribution is -1.87. The third-order valence-corrected chi connectivity index (χ3v) is 2.13. The molecule has 0 spiro atoms. The highest BCUT2D eigenvalue weighted by molar-refractivity contribution is 8.02. The van der Waals surface area contributed by atoms with Gasteiger partial charge in [0.25, 0.3) is 0 Å². The zero-order chi connectivity index (χ0) is 6.81. The normalized spacial score (nSPS) is 14.0. The summed E-state index contributed by atoms with van der Waals surface area (Å²) in [6, 6.07) is 7.99. The molecule has 0 unspecified atom stereocenters. The first-order valence-electron chi connectivity index (χ1n) is 3.04. The molecule has 0 fully saturated rings. The van der Waals surface area contributed by atoms with Crippen LogP contribution in [0.15, 0.2) is 40.8 Å². The lowest BCUT2D eigenvalue weighted by atomic mass is 10.3. The molecular weight excluding hydrogens is 144 g/mol. The van der Waals surface area contributed by atoms with Crippen molar-refractivity contribution in [1.82, 2.24) is 0 Å². The molecule has 0 aliphatic carbocycles. The second-order valence-corrected chi connectivity index (χ2v) is 2.90. The summed E-state index contributed by atoms with van der Waals surface area (Å²) in [4.78, 5) is 1.19. The molecule has 1 aromatic rings. The van der Waals surface area contributed by atoms with Crippen molar-refractivity contribution in [3.05, 3.63) is 35.9 Å². The van der Waals surface area contributed by atoms with Crippen molar-refractivity contribution in [1.29, 1.82) is 0 Å². The lowest BCUT2D eigenvalue weighted by Gasteiger charge is -2.08. The van der Waals surface area contributed by atoms with Gasteiger partial charge in [0, 0.05) is 5.41 Å². The van der Waals surface area contributed by atoms with Gasteiger partial charge in [0.1, 0.15) is 5.75 Å². The van der Waals surface area contributed by atoms with Gasteiger partial charge in [-0.15, -0.1) is 0 Å². The Balaban J connectivity index is 2.47. The van der Waals surface area contributed by atoms with Crippen molar-refractivity contribution in [2.75, 3.05) is 0 Å². The molecule has 0 aromatic heterocycles. The van der Waals surface area contributed by atoms with Crippen molar-refractivity contribution in [3.8, 4) is 5.75 Å². The minimum atomic E-state index is 0.954. The number of fused-ring (bicyclic) bond motifs is 1.